The summed E-state index contributed by atoms with van der Waals surface area (Å²) in [6.45, 7) is 10.9. The molecule has 0 bridgehead atoms. The molecule has 6 heteroatoms. The van der Waals surface area contributed by atoms with Crippen molar-refractivity contribution in [3.8, 4) is 0 Å². The van der Waals surface area contributed by atoms with Crippen LogP contribution in [0.1, 0.15) is 41.2 Å². The predicted octanol–water partition coefficient (Wildman–Crippen LogP) is 1.86. The number of aromatic nitrogens is 1. The first-order chi connectivity index (χ1) is 10.0. The lowest BCUT2D eigenvalue weighted by Gasteiger charge is -2.24. The second kappa shape index (κ2) is 6.76. The van der Waals surface area contributed by atoms with Crippen molar-refractivity contribution in [3.63, 3.8) is 0 Å². The van der Waals surface area contributed by atoms with Gasteiger partial charge in [-0.2, -0.15) is 5.10 Å². The highest BCUT2D eigenvalue weighted by Gasteiger charge is 2.21. The van der Waals surface area contributed by atoms with Crippen molar-refractivity contribution in [2.45, 2.75) is 27.7 Å². The Kier molecular flexibility index (Phi) is 5.01. The van der Waals surface area contributed by atoms with Gasteiger partial charge in [-0.05, 0) is 33.3 Å². The zero-order valence-corrected chi connectivity index (χ0v) is 13.2. The van der Waals surface area contributed by atoms with Gasteiger partial charge in [-0.15, -0.1) is 0 Å². The molecule has 1 aromatic heterocycles. The number of ether oxygens (including phenoxy) is 2. The number of hydrogen-bond donors (Lipinski definition) is 1. The summed E-state index contributed by atoms with van der Waals surface area (Å²) in [6.07, 6.45) is 0. The smallest absolute Gasteiger partial charge is 0.340 e. The minimum atomic E-state index is -0.283. The molecule has 1 aromatic rings. The summed E-state index contributed by atoms with van der Waals surface area (Å²) < 4.78 is 10.4. The summed E-state index contributed by atoms with van der Waals surface area (Å²) in [6, 6.07) is 0. The molecule has 1 saturated heterocycles. The van der Waals surface area contributed by atoms with Crippen molar-refractivity contribution in [2.75, 3.05) is 32.9 Å². The first kappa shape index (κ1) is 15.6. The Hall–Kier alpha value is -1.82. The maximum Gasteiger partial charge on any atom is 0.340 e. The van der Waals surface area contributed by atoms with Gasteiger partial charge >= 0.3 is 5.97 Å². The van der Waals surface area contributed by atoms with Crippen molar-refractivity contribution in [1.29, 1.82) is 0 Å². The summed E-state index contributed by atoms with van der Waals surface area (Å²) in [4.78, 5) is 15.3. The molecule has 0 unspecified atom stereocenters. The molecule has 2 rings (SSSR count). The van der Waals surface area contributed by atoms with E-state index in [2.05, 4.69) is 10.1 Å². The van der Waals surface area contributed by atoms with E-state index in [4.69, 9.17) is 9.47 Å². The number of rotatable bonds is 4. The Bertz CT molecular complexity index is 543. The highest BCUT2D eigenvalue weighted by Crippen LogP contribution is 2.20. The topological polar surface area (TPSA) is 66.9 Å². The van der Waals surface area contributed by atoms with Gasteiger partial charge in [0, 0.05) is 5.69 Å². The highest BCUT2D eigenvalue weighted by atomic mass is 16.5. The van der Waals surface area contributed by atoms with Crippen LogP contribution in [0, 0.1) is 13.8 Å². The van der Waals surface area contributed by atoms with Crippen molar-refractivity contribution >= 4 is 11.7 Å². The average molecular weight is 293 g/mol. The number of hydrogen-bond acceptors (Lipinski definition) is 5. The third-order valence-electron chi connectivity index (χ3n) is 3.56. The van der Waals surface area contributed by atoms with Crippen LogP contribution in [0.4, 0.5) is 0 Å². The van der Waals surface area contributed by atoms with E-state index in [-0.39, 0.29) is 5.97 Å². The van der Waals surface area contributed by atoms with Gasteiger partial charge in [0.05, 0.1) is 49.9 Å². The van der Waals surface area contributed by atoms with Crippen LogP contribution in [0.5, 0.6) is 0 Å². The molecule has 6 nitrogen and oxygen atoms in total. The van der Waals surface area contributed by atoms with Gasteiger partial charge < -0.3 is 14.5 Å². The molecule has 0 aliphatic carbocycles. The Labute approximate surface area is 125 Å². The average Bonchev–Trinajstić information content (AvgIpc) is 2.75. The third-order valence-corrected chi connectivity index (χ3v) is 3.56. The number of nitrogens with zero attached hydrogens (tertiary/aromatic N) is 2. The Morgan fingerprint density at radius 2 is 2.05 bits per heavy atom. The maximum absolute atomic E-state index is 12.0. The van der Waals surface area contributed by atoms with Gasteiger partial charge in [0.15, 0.2) is 0 Å². The van der Waals surface area contributed by atoms with Gasteiger partial charge in [-0.25, -0.2) is 4.79 Å². The molecule has 0 atom stereocenters. The fourth-order valence-electron chi connectivity index (χ4n) is 2.54. The van der Waals surface area contributed by atoms with Gasteiger partial charge in [-0.3, -0.25) is 5.01 Å². The first-order valence-corrected chi connectivity index (χ1v) is 7.29. The van der Waals surface area contributed by atoms with Crippen molar-refractivity contribution < 1.29 is 14.3 Å². The van der Waals surface area contributed by atoms with Crippen LogP contribution < -0.4 is 0 Å². The van der Waals surface area contributed by atoms with Crippen LogP contribution in [0.25, 0.3) is 0 Å². The number of nitrogens with one attached hydrogen (secondary N) is 1. The molecule has 0 saturated carbocycles. The monoisotopic (exact) mass is 293 g/mol. The highest BCUT2D eigenvalue weighted by molar-refractivity contribution is 6.02. The zero-order valence-electron chi connectivity index (χ0n) is 13.2. The second-order valence-electron chi connectivity index (χ2n) is 5.10. The van der Waals surface area contributed by atoms with Crippen LogP contribution in [0.15, 0.2) is 5.10 Å². The largest absolute Gasteiger partial charge is 0.462 e. The van der Waals surface area contributed by atoms with E-state index in [9.17, 15) is 4.79 Å². The second-order valence-corrected chi connectivity index (χ2v) is 5.10. The number of hydrazone groups is 1. The van der Waals surface area contributed by atoms with Crippen LogP contribution in [0.2, 0.25) is 0 Å². The molecule has 2 heterocycles. The summed E-state index contributed by atoms with van der Waals surface area (Å²) in [5.74, 6) is -0.283. The molecule has 116 valence electrons. The Balaban J connectivity index is 2.25. The third kappa shape index (κ3) is 3.44. The quantitative estimate of drug-likeness (QED) is 0.680. The number of morpholine rings is 1. The summed E-state index contributed by atoms with van der Waals surface area (Å²) in [7, 11) is 0. The lowest BCUT2D eigenvalue weighted by molar-refractivity contribution is 0.0393. The Morgan fingerprint density at radius 1 is 1.38 bits per heavy atom. The lowest BCUT2D eigenvalue weighted by Crippen LogP contribution is -2.33. The maximum atomic E-state index is 12.0. The number of H-pyrrole nitrogens is 1. The number of esters is 1. The molecule has 1 aliphatic rings. The lowest BCUT2D eigenvalue weighted by atomic mass is 10.1. The molecule has 21 heavy (non-hydrogen) atoms. The minimum absolute atomic E-state index is 0.283. The fourth-order valence-corrected chi connectivity index (χ4v) is 2.54. The summed E-state index contributed by atoms with van der Waals surface area (Å²) >= 11 is 0. The molecule has 0 aromatic carbocycles. The van der Waals surface area contributed by atoms with E-state index in [1.54, 1.807) is 6.92 Å². The molecule has 0 spiro atoms. The molecule has 0 amide bonds. The summed E-state index contributed by atoms with van der Waals surface area (Å²) in [5, 5.41) is 6.61. The van der Waals surface area contributed by atoms with E-state index in [1.165, 1.54) is 0 Å². The van der Waals surface area contributed by atoms with Crippen LogP contribution in [-0.4, -0.2) is 54.6 Å². The van der Waals surface area contributed by atoms with Gasteiger partial charge in [0.25, 0.3) is 0 Å². The van der Waals surface area contributed by atoms with Crippen LogP contribution >= 0.6 is 0 Å². The summed E-state index contributed by atoms with van der Waals surface area (Å²) in [5.41, 5.74) is 4.08. The number of carbonyl (C=O) groups excluding carboxylic acids is 1. The number of aromatic amines is 1. The van der Waals surface area contributed by atoms with Gasteiger partial charge in [-0.1, -0.05) is 0 Å². The van der Waals surface area contributed by atoms with Gasteiger partial charge in [0.1, 0.15) is 0 Å². The van der Waals surface area contributed by atoms with E-state index < -0.39 is 0 Å². The molecule has 1 N–H and O–H groups in total. The Morgan fingerprint density at radius 3 is 2.67 bits per heavy atom. The molecule has 1 aliphatic heterocycles. The van der Waals surface area contributed by atoms with E-state index in [1.807, 2.05) is 25.8 Å². The van der Waals surface area contributed by atoms with Crippen LogP contribution in [-0.2, 0) is 9.47 Å². The van der Waals surface area contributed by atoms with Crippen molar-refractivity contribution in [1.82, 2.24) is 9.99 Å². The van der Waals surface area contributed by atoms with E-state index >= 15 is 0 Å². The zero-order chi connectivity index (χ0) is 15.4. The van der Waals surface area contributed by atoms with E-state index in [0.717, 1.165) is 35.8 Å². The predicted molar refractivity (Wildman–Crippen MR) is 80.8 cm³/mol. The van der Waals surface area contributed by atoms with Gasteiger partial charge in [0.2, 0.25) is 0 Å². The first-order valence-electron chi connectivity index (χ1n) is 7.29. The van der Waals surface area contributed by atoms with Crippen LogP contribution in [0.3, 0.4) is 0 Å². The van der Waals surface area contributed by atoms with Crippen molar-refractivity contribution in [3.05, 3.63) is 22.5 Å². The SMILES string of the molecule is CCOC(=O)c1c(C)[nH]c(/C(C)=N/N2CCOCC2)c1C. The normalized spacial score (nSPS) is 16.2. The number of carbonyl (C=O) groups is 1. The van der Waals surface area contributed by atoms with E-state index in [0.29, 0.717) is 25.4 Å². The number of aryl methyl sites for hydroxylation is 1. The molecule has 1 fully saturated rings. The standard InChI is InChI=1S/C15H23N3O3/c1-5-21-15(19)13-10(2)14(16-11(13)3)12(4)17-18-6-8-20-9-7-18/h16H,5-9H2,1-4H3/b17-12+. The van der Waals surface area contributed by atoms with Crippen molar-refractivity contribution in [2.24, 2.45) is 5.10 Å². The minimum Gasteiger partial charge on any atom is -0.462 e. The fraction of sp³-hybridized carbons (Fsp3) is 0.600. The molecular weight excluding hydrogens is 270 g/mol. The molecule has 0 radical (unpaired) electrons. The molecular formula is C15H23N3O3.